The van der Waals surface area contributed by atoms with Crippen LogP contribution in [-0.4, -0.2) is 0 Å². The summed E-state index contributed by atoms with van der Waals surface area (Å²) in [7, 11) is 0. The Balaban J connectivity index is 1.92. The quantitative estimate of drug-likeness (QED) is 0.250. The molecule has 0 heterocycles. The van der Waals surface area contributed by atoms with E-state index in [1.54, 1.807) is 0 Å². The molecule has 0 nitrogen and oxygen atoms in total. The van der Waals surface area contributed by atoms with Crippen LogP contribution in [0, 0.1) is 0 Å². The minimum atomic E-state index is -5.79. The summed E-state index contributed by atoms with van der Waals surface area (Å²) in [6, 6.07) is 24.8. The summed E-state index contributed by atoms with van der Waals surface area (Å²) in [6.07, 6.45) is 16.7. The van der Waals surface area contributed by atoms with Gasteiger partial charge in [-0.2, -0.15) is 0 Å². The third-order valence-electron chi connectivity index (χ3n) is 11.2. The zero-order valence-corrected chi connectivity index (χ0v) is 25.9. The normalized spacial score (nSPS) is 26.1. The van der Waals surface area contributed by atoms with Gasteiger partial charge in [-0.1, -0.05) is 0 Å². The van der Waals surface area contributed by atoms with Crippen LogP contribution >= 0.6 is 0 Å². The Morgan fingerprint density at radius 3 is 1.88 bits per heavy atom. The topological polar surface area (TPSA) is 0 Å². The molecule has 0 N–H and O–H groups in total. The first-order valence-corrected chi connectivity index (χ1v) is 42.2. The Bertz CT molecular complexity index is 1490. The molecule has 0 radical (unpaired) electrons. The van der Waals surface area contributed by atoms with Gasteiger partial charge >= 0.3 is 196 Å². The maximum absolute atomic E-state index is 5.79. The zero-order valence-electron chi connectivity index (χ0n) is 22.3. The molecule has 179 valence electrons. The number of hydrogen-bond donors (Lipinski definition) is 0. The third-order valence-corrected chi connectivity index (χ3v) is 57.3. The summed E-state index contributed by atoms with van der Waals surface area (Å²) in [5.74, 6) is 0. The van der Waals surface area contributed by atoms with Crippen LogP contribution < -0.4 is 0 Å². The van der Waals surface area contributed by atoms with E-state index in [1.807, 2.05) is 0 Å². The van der Waals surface area contributed by atoms with E-state index >= 15 is 0 Å². The van der Waals surface area contributed by atoms with Gasteiger partial charge in [0, 0.05) is 0 Å². The van der Waals surface area contributed by atoms with Gasteiger partial charge in [-0.25, -0.2) is 0 Å². The predicted molar refractivity (Wildman–Crippen MR) is 153 cm³/mol. The first-order valence-electron chi connectivity index (χ1n) is 13.2. The van der Waals surface area contributed by atoms with Gasteiger partial charge in [-0.05, 0) is 0 Å². The molecule has 1 heteroatoms. The fourth-order valence-corrected chi connectivity index (χ4v) is 41.6. The summed E-state index contributed by atoms with van der Waals surface area (Å²) >= 11 is -5.79. The van der Waals surface area contributed by atoms with E-state index in [9.17, 15) is 0 Å². The molecule has 1 atom stereocenters. The molecule has 1 unspecified atom stereocenters. The van der Waals surface area contributed by atoms with E-state index in [-0.39, 0.29) is 3.17 Å². The van der Waals surface area contributed by atoms with Gasteiger partial charge in [0.15, 0.2) is 0 Å². The van der Waals surface area contributed by atoms with Gasteiger partial charge < -0.3 is 0 Å². The molecular formula is C33H43Hf. The Kier molecular flexibility index (Phi) is 3.29. The number of fused-ring (bicyclic) bond motifs is 2. The van der Waals surface area contributed by atoms with Crippen molar-refractivity contribution in [3.05, 3.63) is 114 Å². The molecule has 2 aliphatic rings. The molecule has 0 aliphatic heterocycles. The van der Waals surface area contributed by atoms with E-state index in [0.29, 0.717) is 3.67 Å². The molecule has 0 amide bonds. The van der Waals surface area contributed by atoms with Gasteiger partial charge in [0.25, 0.3) is 0 Å². The molecule has 34 heavy (non-hydrogen) atoms. The summed E-state index contributed by atoms with van der Waals surface area (Å²) in [6.45, 7) is 0. The molecular weight excluding hydrogens is 575 g/mol. The number of rotatable bonds is 5. The molecule has 2 aliphatic carbocycles. The Labute approximate surface area is 194 Å². The average molecular weight is 618 g/mol. The number of hydrogen-bond acceptors (Lipinski definition) is 0. The van der Waals surface area contributed by atoms with Gasteiger partial charge in [-0.15, -0.1) is 0 Å². The first-order chi connectivity index (χ1) is 15.3. The molecule has 0 saturated carbocycles. The summed E-state index contributed by atoms with van der Waals surface area (Å²) in [5, 5.41) is 2.66. The van der Waals surface area contributed by atoms with E-state index < -0.39 is 12.6 Å². The van der Waals surface area contributed by atoms with Crippen LogP contribution in [-0.2, 0) is 22.2 Å². The molecule has 3 aromatic rings. The van der Waals surface area contributed by atoms with Crippen molar-refractivity contribution in [2.75, 3.05) is 0 Å². The molecule has 0 saturated heterocycles. The van der Waals surface area contributed by atoms with Crippen LogP contribution in [0.5, 0.6) is 0 Å². The van der Waals surface area contributed by atoms with Crippen molar-refractivity contribution < 1.29 is 12.6 Å². The molecule has 0 spiro atoms. The standard InChI is InChI=1S/C21H17.C5H5.7CH3.Hf/c1-2-6-16(7-3-1)10-11-17-12-13-20-14-18-8-4-5-9-19(18)15-21(17)20;1-2-4-5-3-1;;;;;;;;/h1-9,12-15H,10-11H2;1-5H;7*1H3;. The number of aryl methyl sites for hydroxylation is 1. The van der Waals surface area contributed by atoms with Crippen molar-refractivity contribution >= 4 is 16.8 Å². The SMILES string of the molecule is [CH3][Hf]([CH3])([CH3])([CH3])([CH3])([CH3])([CH3])([CH]1C=CC=C1)[C]1(CCc2ccccc2)C=Cc2cc3ccccc3cc21. The third kappa shape index (κ3) is 2.86. The van der Waals surface area contributed by atoms with Crippen molar-refractivity contribution in [3.8, 4) is 0 Å². The number of allylic oxidation sites excluding steroid dienone is 5. The summed E-state index contributed by atoms with van der Waals surface area (Å²) in [5.41, 5.74) is 4.31. The van der Waals surface area contributed by atoms with Crippen molar-refractivity contribution in [3.63, 3.8) is 0 Å². The first kappa shape index (κ1) is 23.7. The van der Waals surface area contributed by atoms with E-state index in [1.165, 1.54) is 27.5 Å². The van der Waals surface area contributed by atoms with Crippen molar-refractivity contribution in [1.29, 1.82) is 0 Å². The molecule has 5 rings (SSSR count). The molecule has 0 aromatic heterocycles. The summed E-state index contributed by atoms with van der Waals surface area (Å²) < 4.78 is 19.3. The van der Waals surface area contributed by atoms with E-state index in [4.69, 9.17) is 0 Å². The fourth-order valence-electron chi connectivity index (χ4n) is 8.08. The van der Waals surface area contributed by atoms with Crippen molar-refractivity contribution in [2.24, 2.45) is 0 Å². The van der Waals surface area contributed by atoms with Gasteiger partial charge in [0.2, 0.25) is 0 Å². The van der Waals surface area contributed by atoms with E-state index in [2.05, 4.69) is 136 Å². The van der Waals surface area contributed by atoms with E-state index in [0.717, 1.165) is 12.8 Å². The van der Waals surface area contributed by atoms with Crippen LogP contribution in [0.25, 0.3) is 16.8 Å². The fraction of sp³-hybridized carbons (Fsp3) is 0.333. The van der Waals surface area contributed by atoms with Crippen LogP contribution in [0.1, 0.15) is 23.1 Å². The van der Waals surface area contributed by atoms with Gasteiger partial charge in [0.05, 0.1) is 0 Å². The second-order valence-electron chi connectivity index (χ2n) is 21.8. The molecule has 0 fully saturated rings. The van der Waals surface area contributed by atoms with Gasteiger partial charge in [0.1, 0.15) is 0 Å². The van der Waals surface area contributed by atoms with Crippen molar-refractivity contribution in [2.45, 2.75) is 52.4 Å². The van der Waals surface area contributed by atoms with Crippen LogP contribution in [0.15, 0.2) is 97.1 Å². The second-order valence-corrected chi connectivity index (χ2v) is 131. The number of benzene rings is 3. The van der Waals surface area contributed by atoms with Crippen LogP contribution in [0.4, 0.5) is 0 Å². The Morgan fingerprint density at radius 1 is 0.706 bits per heavy atom. The van der Waals surface area contributed by atoms with Crippen LogP contribution in [0.3, 0.4) is 0 Å². The Morgan fingerprint density at radius 2 is 1.26 bits per heavy atom. The second kappa shape index (κ2) is 4.71. The van der Waals surface area contributed by atoms with Crippen LogP contribution in [0.2, 0.25) is 36.4 Å². The van der Waals surface area contributed by atoms with Gasteiger partial charge in [-0.3, -0.25) is 0 Å². The maximum atomic E-state index is 2.73. The minimum absolute atomic E-state index is 0.138. The monoisotopic (exact) mass is 619 g/mol. The zero-order chi connectivity index (χ0) is 24.7. The summed E-state index contributed by atoms with van der Waals surface area (Å²) in [4.78, 5) is 0. The molecule has 0 bridgehead atoms. The van der Waals surface area contributed by atoms with Crippen molar-refractivity contribution in [1.82, 2.24) is 0 Å². The average Bonchev–Trinajstić information content (AvgIpc) is 3.41. The molecule has 3 aromatic carbocycles. The predicted octanol–water partition coefficient (Wildman–Crippen LogP) is 10.8. The Hall–Kier alpha value is -1.99.